The Hall–Kier alpha value is -2.73. The number of benzene rings is 2. The van der Waals surface area contributed by atoms with Crippen molar-refractivity contribution in [3.05, 3.63) is 70.6 Å². The van der Waals surface area contributed by atoms with Gasteiger partial charge in [-0.05, 0) is 44.0 Å². The predicted octanol–water partition coefficient (Wildman–Crippen LogP) is 4.05. The Morgan fingerprint density at radius 1 is 1.04 bits per heavy atom. The third-order valence-electron chi connectivity index (χ3n) is 4.47. The summed E-state index contributed by atoms with van der Waals surface area (Å²) in [4.78, 5) is 11.2. The fraction of sp³-hybridized carbons (Fsp3) is 0.200. The molecule has 1 aromatic heterocycles. The monoisotopic (exact) mass is 369 g/mol. The molecule has 26 heavy (non-hydrogen) atoms. The van der Waals surface area contributed by atoms with Crippen molar-refractivity contribution in [1.82, 2.24) is 5.16 Å². The molecule has 0 spiro atoms. The molecule has 0 N–H and O–H groups in total. The van der Waals surface area contributed by atoms with E-state index in [0.717, 1.165) is 23.0 Å². The maximum absolute atomic E-state index is 13.0. The largest absolute Gasteiger partial charge is 0.360 e. The predicted molar refractivity (Wildman–Crippen MR) is 98.9 cm³/mol. The van der Waals surface area contributed by atoms with Gasteiger partial charge in [0.15, 0.2) is 15.6 Å². The Balaban J connectivity index is 2.09. The van der Waals surface area contributed by atoms with Crippen molar-refractivity contribution in [2.45, 2.75) is 31.4 Å². The summed E-state index contributed by atoms with van der Waals surface area (Å²) < 4.78 is 31.3. The highest BCUT2D eigenvalue weighted by atomic mass is 32.2. The van der Waals surface area contributed by atoms with Gasteiger partial charge in [-0.25, -0.2) is 8.42 Å². The number of aromatic nitrogens is 1. The van der Waals surface area contributed by atoms with Gasteiger partial charge >= 0.3 is 0 Å². The average molecular weight is 369 g/mol. The summed E-state index contributed by atoms with van der Waals surface area (Å²) in [5, 5.41) is 3.84. The van der Waals surface area contributed by atoms with Gasteiger partial charge in [0.25, 0.3) is 0 Å². The molecule has 0 saturated heterocycles. The van der Waals surface area contributed by atoms with Crippen molar-refractivity contribution < 1.29 is 17.7 Å². The van der Waals surface area contributed by atoms with E-state index in [4.69, 9.17) is 4.52 Å². The van der Waals surface area contributed by atoms with E-state index in [-0.39, 0.29) is 10.6 Å². The van der Waals surface area contributed by atoms with Crippen LogP contribution in [0.4, 0.5) is 0 Å². The van der Waals surface area contributed by atoms with Gasteiger partial charge in [-0.15, -0.1) is 0 Å². The standard InChI is InChI=1S/C20H19NO4S/c1-13-10-16(11-22)8-9-17(13)18-6-4-5-7-20(18)26(23,24)12-19-14(2)15(3)21-25-19/h4-11H,12H2,1-3H3. The number of carbonyl (C=O) groups is 1. The van der Waals surface area contributed by atoms with Crippen molar-refractivity contribution in [2.24, 2.45) is 0 Å². The van der Waals surface area contributed by atoms with Crippen molar-refractivity contribution in [2.75, 3.05) is 0 Å². The second-order valence-electron chi connectivity index (χ2n) is 6.26. The molecule has 2 aromatic carbocycles. The number of rotatable bonds is 5. The minimum Gasteiger partial charge on any atom is -0.360 e. The summed E-state index contributed by atoms with van der Waals surface area (Å²) in [6.07, 6.45) is 0.772. The first-order valence-electron chi connectivity index (χ1n) is 8.13. The zero-order chi connectivity index (χ0) is 18.9. The Morgan fingerprint density at radius 2 is 1.77 bits per heavy atom. The van der Waals surface area contributed by atoms with Crippen LogP contribution in [0.3, 0.4) is 0 Å². The number of carbonyl (C=O) groups excluding carboxylic acids is 1. The summed E-state index contributed by atoms with van der Waals surface area (Å²) in [5.41, 5.74) is 4.21. The van der Waals surface area contributed by atoms with E-state index >= 15 is 0 Å². The second-order valence-corrected chi connectivity index (χ2v) is 8.22. The van der Waals surface area contributed by atoms with Gasteiger partial charge in [0, 0.05) is 16.7 Å². The SMILES string of the molecule is Cc1cc(C=O)ccc1-c1ccccc1S(=O)(=O)Cc1onc(C)c1C. The van der Waals surface area contributed by atoms with Crippen LogP contribution < -0.4 is 0 Å². The Bertz CT molecular complexity index is 1080. The third kappa shape index (κ3) is 3.32. The van der Waals surface area contributed by atoms with Gasteiger partial charge < -0.3 is 4.52 Å². The third-order valence-corrected chi connectivity index (χ3v) is 6.14. The van der Waals surface area contributed by atoms with E-state index in [1.54, 1.807) is 56.3 Å². The lowest BCUT2D eigenvalue weighted by molar-refractivity contribution is 0.112. The highest BCUT2D eigenvalue weighted by Gasteiger charge is 2.24. The fourth-order valence-corrected chi connectivity index (χ4v) is 4.44. The first kappa shape index (κ1) is 18.1. The molecular weight excluding hydrogens is 350 g/mol. The van der Waals surface area contributed by atoms with Gasteiger partial charge in [-0.2, -0.15) is 0 Å². The smallest absolute Gasteiger partial charge is 0.186 e. The van der Waals surface area contributed by atoms with Crippen LogP contribution in [0.1, 0.15) is 32.9 Å². The van der Waals surface area contributed by atoms with Crippen molar-refractivity contribution in [3.8, 4) is 11.1 Å². The minimum atomic E-state index is -3.64. The quantitative estimate of drug-likeness (QED) is 0.634. The van der Waals surface area contributed by atoms with E-state index in [1.807, 2.05) is 6.92 Å². The molecule has 0 radical (unpaired) electrons. The van der Waals surface area contributed by atoms with E-state index in [1.165, 1.54) is 0 Å². The van der Waals surface area contributed by atoms with Gasteiger partial charge in [-0.3, -0.25) is 4.79 Å². The van der Waals surface area contributed by atoms with Gasteiger partial charge in [0.1, 0.15) is 12.0 Å². The normalized spacial score (nSPS) is 11.5. The number of nitrogens with zero attached hydrogens (tertiary/aromatic N) is 1. The summed E-state index contributed by atoms with van der Waals surface area (Å²) in [6.45, 7) is 5.43. The topological polar surface area (TPSA) is 77.2 Å². The van der Waals surface area contributed by atoms with Crippen LogP contribution in [0.25, 0.3) is 11.1 Å². The van der Waals surface area contributed by atoms with E-state index in [0.29, 0.717) is 22.6 Å². The summed E-state index contributed by atoms with van der Waals surface area (Å²) in [6, 6.07) is 12.1. The summed E-state index contributed by atoms with van der Waals surface area (Å²) in [7, 11) is -3.64. The molecule has 3 rings (SSSR count). The maximum atomic E-state index is 13.0. The molecule has 0 amide bonds. The molecule has 0 saturated carbocycles. The highest BCUT2D eigenvalue weighted by molar-refractivity contribution is 7.90. The number of hydrogen-bond donors (Lipinski definition) is 0. The zero-order valence-corrected chi connectivity index (χ0v) is 15.6. The van der Waals surface area contributed by atoms with Gasteiger partial charge in [-0.1, -0.05) is 35.5 Å². The molecule has 6 heteroatoms. The second kappa shape index (κ2) is 6.88. The molecule has 134 valence electrons. The minimum absolute atomic E-state index is 0.232. The first-order valence-corrected chi connectivity index (χ1v) is 9.78. The molecule has 3 aromatic rings. The van der Waals surface area contributed by atoms with E-state index < -0.39 is 9.84 Å². The van der Waals surface area contributed by atoms with Crippen molar-refractivity contribution in [1.29, 1.82) is 0 Å². The molecule has 0 aliphatic heterocycles. The van der Waals surface area contributed by atoms with Crippen molar-refractivity contribution in [3.63, 3.8) is 0 Å². The number of sulfone groups is 1. The van der Waals surface area contributed by atoms with Crippen LogP contribution in [0.15, 0.2) is 51.9 Å². The summed E-state index contributed by atoms with van der Waals surface area (Å²) >= 11 is 0. The average Bonchev–Trinajstić information content (AvgIpc) is 2.93. The van der Waals surface area contributed by atoms with E-state index in [2.05, 4.69) is 5.16 Å². The maximum Gasteiger partial charge on any atom is 0.186 e. The Morgan fingerprint density at radius 3 is 2.38 bits per heavy atom. The van der Waals surface area contributed by atoms with Crippen LogP contribution in [0.5, 0.6) is 0 Å². The molecule has 0 aliphatic rings. The fourth-order valence-electron chi connectivity index (χ4n) is 2.87. The van der Waals surface area contributed by atoms with Crippen LogP contribution in [0.2, 0.25) is 0 Å². The lowest BCUT2D eigenvalue weighted by Gasteiger charge is -2.12. The van der Waals surface area contributed by atoms with Crippen molar-refractivity contribution >= 4 is 16.1 Å². The molecule has 5 nitrogen and oxygen atoms in total. The summed E-state index contributed by atoms with van der Waals surface area (Å²) in [5.74, 6) is 0.104. The first-order chi connectivity index (χ1) is 12.3. The van der Waals surface area contributed by atoms with Gasteiger partial charge in [0.2, 0.25) is 0 Å². The molecule has 0 atom stereocenters. The lowest BCUT2D eigenvalue weighted by atomic mass is 9.99. The number of hydrogen-bond acceptors (Lipinski definition) is 5. The zero-order valence-electron chi connectivity index (χ0n) is 14.8. The lowest BCUT2D eigenvalue weighted by Crippen LogP contribution is -2.07. The van der Waals surface area contributed by atoms with Crippen LogP contribution in [-0.4, -0.2) is 19.9 Å². The van der Waals surface area contributed by atoms with Crippen LogP contribution in [-0.2, 0) is 15.6 Å². The molecule has 1 heterocycles. The van der Waals surface area contributed by atoms with E-state index in [9.17, 15) is 13.2 Å². The van der Waals surface area contributed by atoms with Crippen LogP contribution >= 0.6 is 0 Å². The molecule has 0 unspecified atom stereocenters. The molecular formula is C20H19NO4S. The molecule has 0 aliphatic carbocycles. The Labute approximate surface area is 152 Å². The number of aryl methyl sites for hydroxylation is 2. The molecule has 0 fully saturated rings. The molecule has 0 bridgehead atoms. The highest BCUT2D eigenvalue weighted by Crippen LogP contribution is 2.32. The van der Waals surface area contributed by atoms with Crippen LogP contribution in [0, 0.1) is 20.8 Å². The number of aldehydes is 1. The Kier molecular flexibility index (Phi) is 4.78. The van der Waals surface area contributed by atoms with Gasteiger partial charge in [0.05, 0.1) is 10.6 Å².